The van der Waals surface area contributed by atoms with Crippen LogP contribution in [0.1, 0.15) is 13.3 Å². The van der Waals surface area contributed by atoms with Crippen LogP contribution in [0.2, 0.25) is 0 Å². The Hall–Kier alpha value is -2.18. The molecule has 0 saturated carbocycles. The van der Waals surface area contributed by atoms with Gasteiger partial charge in [-0.15, -0.1) is 0 Å². The van der Waals surface area contributed by atoms with Gasteiger partial charge < -0.3 is 15.8 Å². The van der Waals surface area contributed by atoms with Crippen LogP contribution in [0.25, 0.3) is 11.4 Å². The van der Waals surface area contributed by atoms with Crippen molar-refractivity contribution in [3.63, 3.8) is 0 Å². The van der Waals surface area contributed by atoms with Gasteiger partial charge in [-0.1, -0.05) is 30.3 Å². The molecule has 1 aromatic heterocycles. The number of hydrogen-bond donors (Lipinski definition) is 4. The van der Waals surface area contributed by atoms with E-state index in [9.17, 15) is 5.11 Å². The van der Waals surface area contributed by atoms with Crippen LogP contribution in [-0.2, 0) is 0 Å². The molecule has 0 bridgehead atoms. The van der Waals surface area contributed by atoms with Crippen LogP contribution >= 0.6 is 0 Å². The lowest BCUT2D eigenvalue weighted by Gasteiger charge is -2.10. The molecule has 0 saturated heterocycles. The third-order valence-electron chi connectivity index (χ3n) is 2.77. The summed E-state index contributed by atoms with van der Waals surface area (Å²) in [5, 5.41) is 12.4. The Morgan fingerprint density at radius 1 is 1.20 bits per heavy atom. The molecule has 6 nitrogen and oxygen atoms in total. The molecule has 20 heavy (non-hydrogen) atoms. The van der Waals surface area contributed by atoms with Crippen LogP contribution in [0.3, 0.4) is 0 Å². The first-order valence-electron chi connectivity index (χ1n) is 6.52. The fourth-order valence-corrected chi connectivity index (χ4v) is 1.74. The number of benzene rings is 1. The average molecular weight is 273 g/mol. The van der Waals surface area contributed by atoms with Crippen molar-refractivity contribution in [2.75, 3.05) is 17.3 Å². The Labute approximate surface area is 118 Å². The second kappa shape index (κ2) is 6.83. The van der Waals surface area contributed by atoms with Crippen molar-refractivity contribution in [3.05, 3.63) is 36.4 Å². The number of nitrogen functional groups attached to an aromatic ring is 1. The molecular weight excluding hydrogens is 254 g/mol. The minimum Gasteiger partial charge on any atom is -0.393 e. The Morgan fingerprint density at radius 3 is 2.55 bits per heavy atom. The first-order valence-corrected chi connectivity index (χ1v) is 6.52. The van der Waals surface area contributed by atoms with Gasteiger partial charge in [0.25, 0.3) is 0 Å². The number of anilines is 2. The highest BCUT2D eigenvalue weighted by molar-refractivity contribution is 5.60. The number of aliphatic hydroxyl groups is 1. The predicted molar refractivity (Wildman–Crippen MR) is 80.1 cm³/mol. The summed E-state index contributed by atoms with van der Waals surface area (Å²) in [7, 11) is 0. The van der Waals surface area contributed by atoms with E-state index in [0.29, 0.717) is 30.4 Å². The SMILES string of the molecule is CC(O)CCNc1cc(NN)nc(-c2ccccc2)n1. The fraction of sp³-hybridized carbons (Fsp3) is 0.286. The second-order valence-electron chi connectivity index (χ2n) is 4.54. The Balaban J connectivity index is 2.20. The molecule has 6 heteroatoms. The number of nitrogens with two attached hydrogens (primary N) is 1. The summed E-state index contributed by atoms with van der Waals surface area (Å²) >= 11 is 0. The first-order chi connectivity index (χ1) is 9.69. The Morgan fingerprint density at radius 2 is 1.90 bits per heavy atom. The summed E-state index contributed by atoms with van der Waals surface area (Å²) in [6.45, 7) is 2.39. The van der Waals surface area contributed by atoms with Gasteiger partial charge in [0.1, 0.15) is 11.6 Å². The molecule has 2 aromatic rings. The lowest BCUT2D eigenvalue weighted by atomic mass is 10.2. The highest BCUT2D eigenvalue weighted by Gasteiger charge is 2.06. The summed E-state index contributed by atoms with van der Waals surface area (Å²) < 4.78 is 0. The predicted octanol–water partition coefficient (Wildman–Crippen LogP) is 1.61. The monoisotopic (exact) mass is 273 g/mol. The molecule has 0 radical (unpaired) electrons. The highest BCUT2D eigenvalue weighted by atomic mass is 16.3. The van der Waals surface area contributed by atoms with Gasteiger partial charge in [0, 0.05) is 18.2 Å². The van der Waals surface area contributed by atoms with Crippen molar-refractivity contribution in [3.8, 4) is 11.4 Å². The Kier molecular flexibility index (Phi) is 4.86. The van der Waals surface area contributed by atoms with E-state index in [4.69, 9.17) is 5.84 Å². The first kappa shape index (κ1) is 14.2. The molecule has 1 aromatic carbocycles. The zero-order valence-electron chi connectivity index (χ0n) is 11.4. The smallest absolute Gasteiger partial charge is 0.163 e. The van der Waals surface area contributed by atoms with E-state index in [2.05, 4.69) is 20.7 Å². The fourth-order valence-electron chi connectivity index (χ4n) is 1.74. The quantitative estimate of drug-likeness (QED) is 0.472. The minimum absolute atomic E-state index is 0.343. The van der Waals surface area contributed by atoms with Gasteiger partial charge in [-0.2, -0.15) is 0 Å². The zero-order chi connectivity index (χ0) is 14.4. The molecule has 106 valence electrons. The van der Waals surface area contributed by atoms with Gasteiger partial charge in [0.05, 0.1) is 6.10 Å². The van der Waals surface area contributed by atoms with Crippen LogP contribution in [-0.4, -0.2) is 27.7 Å². The lowest BCUT2D eigenvalue weighted by molar-refractivity contribution is 0.188. The summed E-state index contributed by atoms with van der Waals surface area (Å²) in [6, 6.07) is 11.4. The molecule has 0 spiro atoms. The molecule has 0 amide bonds. The maximum atomic E-state index is 9.26. The van der Waals surface area contributed by atoms with E-state index in [1.807, 2.05) is 30.3 Å². The van der Waals surface area contributed by atoms with Crippen molar-refractivity contribution < 1.29 is 5.11 Å². The molecule has 5 N–H and O–H groups in total. The van der Waals surface area contributed by atoms with Gasteiger partial charge in [-0.25, -0.2) is 15.8 Å². The molecule has 1 unspecified atom stereocenters. The molecular formula is C14H19N5O. The molecule has 0 aliphatic carbocycles. The molecule has 1 atom stereocenters. The molecule has 0 aliphatic heterocycles. The summed E-state index contributed by atoms with van der Waals surface area (Å²) in [4.78, 5) is 8.78. The van der Waals surface area contributed by atoms with Gasteiger partial charge >= 0.3 is 0 Å². The van der Waals surface area contributed by atoms with E-state index >= 15 is 0 Å². The third-order valence-corrected chi connectivity index (χ3v) is 2.77. The van der Waals surface area contributed by atoms with E-state index in [-0.39, 0.29) is 6.10 Å². The van der Waals surface area contributed by atoms with Crippen molar-refractivity contribution in [1.82, 2.24) is 9.97 Å². The molecule has 2 rings (SSSR count). The minimum atomic E-state index is -0.343. The largest absolute Gasteiger partial charge is 0.393 e. The van der Waals surface area contributed by atoms with E-state index < -0.39 is 0 Å². The van der Waals surface area contributed by atoms with Gasteiger partial charge in [0.15, 0.2) is 5.82 Å². The number of rotatable bonds is 6. The summed E-state index contributed by atoms with van der Waals surface area (Å²) in [6.07, 6.45) is 0.306. The highest BCUT2D eigenvalue weighted by Crippen LogP contribution is 2.19. The van der Waals surface area contributed by atoms with E-state index in [1.54, 1.807) is 13.0 Å². The number of hydrogen-bond acceptors (Lipinski definition) is 6. The van der Waals surface area contributed by atoms with Crippen LogP contribution in [0.5, 0.6) is 0 Å². The van der Waals surface area contributed by atoms with Crippen molar-refractivity contribution in [2.24, 2.45) is 5.84 Å². The van der Waals surface area contributed by atoms with Crippen LogP contribution < -0.4 is 16.6 Å². The van der Waals surface area contributed by atoms with Crippen LogP contribution in [0, 0.1) is 0 Å². The van der Waals surface area contributed by atoms with E-state index in [0.717, 1.165) is 5.56 Å². The average Bonchev–Trinajstić information content (AvgIpc) is 2.47. The van der Waals surface area contributed by atoms with Crippen LogP contribution in [0.15, 0.2) is 36.4 Å². The third kappa shape index (κ3) is 3.91. The van der Waals surface area contributed by atoms with Crippen LogP contribution in [0.4, 0.5) is 11.6 Å². The second-order valence-corrected chi connectivity index (χ2v) is 4.54. The van der Waals surface area contributed by atoms with Crippen molar-refractivity contribution in [2.45, 2.75) is 19.4 Å². The van der Waals surface area contributed by atoms with Gasteiger partial charge in [0.2, 0.25) is 0 Å². The summed E-state index contributed by atoms with van der Waals surface area (Å²) in [5.41, 5.74) is 3.46. The number of nitrogens with zero attached hydrogens (tertiary/aromatic N) is 2. The van der Waals surface area contributed by atoms with Gasteiger partial charge in [-0.3, -0.25) is 0 Å². The Bertz CT molecular complexity index is 545. The maximum Gasteiger partial charge on any atom is 0.163 e. The number of aromatic nitrogens is 2. The standard InChI is InChI=1S/C14H19N5O/c1-10(20)7-8-16-12-9-13(19-15)18-14(17-12)11-5-3-2-4-6-11/h2-6,9-10,20H,7-8,15H2,1H3,(H2,16,17,18,19). The van der Waals surface area contributed by atoms with Gasteiger partial charge in [-0.05, 0) is 13.3 Å². The molecule has 0 fully saturated rings. The maximum absolute atomic E-state index is 9.26. The summed E-state index contributed by atoms with van der Waals surface area (Å²) in [5.74, 6) is 7.25. The number of aliphatic hydroxyl groups excluding tert-OH is 1. The number of hydrazine groups is 1. The lowest BCUT2D eigenvalue weighted by Crippen LogP contribution is -2.13. The molecule has 1 heterocycles. The van der Waals surface area contributed by atoms with Crippen molar-refractivity contribution >= 4 is 11.6 Å². The zero-order valence-corrected chi connectivity index (χ0v) is 11.4. The van der Waals surface area contributed by atoms with Crippen molar-refractivity contribution in [1.29, 1.82) is 0 Å². The number of nitrogens with one attached hydrogen (secondary N) is 2. The molecule has 0 aliphatic rings. The van der Waals surface area contributed by atoms with E-state index in [1.165, 1.54) is 0 Å². The normalized spacial score (nSPS) is 11.9. The topological polar surface area (TPSA) is 96.1 Å².